The van der Waals surface area contributed by atoms with Crippen LogP contribution in [0.3, 0.4) is 0 Å². The van der Waals surface area contributed by atoms with Crippen molar-refractivity contribution in [2.45, 2.75) is 6.18 Å². The van der Waals surface area contributed by atoms with Gasteiger partial charge in [0.25, 0.3) is 5.91 Å². The Bertz CT molecular complexity index is 1360. The van der Waals surface area contributed by atoms with Crippen LogP contribution in [0, 0.1) is 0 Å². The molecule has 2 heterocycles. The molecule has 0 aliphatic heterocycles. The van der Waals surface area contributed by atoms with Crippen LogP contribution in [0.1, 0.15) is 16.1 Å². The number of rotatable bonds is 5. The molecule has 0 atom stereocenters. The highest BCUT2D eigenvalue weighted by Crippen LogP contribution is 2.33. The van der Waals surface area contributed by atoms with Gasteiger partial charge in [-0.25, -0.2) is 19.0 Å². The molecule has 174 valence electrons. The zero-order valence-electron chi connectivity index (χ0n) is 17.4. The topological polar surface area (TPSA) is 111 Å². The third kappa shape index (κ3) is 4.33. The lowest BCUT2D eigenvalue weighted by Gasteiger charge is -2.11. The molecular weight excluding hydrogens is 455 g/mol. The van der Waals surface area contributed by atoms with Crippen LogP contribution in [-0.2, 0) is 6.18 Å². The number of para-hydroxylation sites is 1. The molecule has 12 heteroatoms. The van der Waals surface area contributed by atoms with Gasteiger partial charge in [-0.05, 0) is 36.4 Å². The third-order valence-electron chi connectivity index (χ3n) is 4.83. The van der Waals surface area contributed by atoms with Gasteiger partial charge in [0.05, 0.1) is 24.0 Å². The van der Waals surface area contributed by atoms with E-state index in [4.69, 9.17) is 4.74 Å². The van der Waals surface area contributed by atoms with Crippen molar-refractivity contribution in [1.82, 2.24) is 19.3 Å². The van der Waals surface area contributed by atoms with Gasteiger partial charge in [0.1, 0.15) is 5.75 Å². The number of carbonyl (C=O) groups is 2. The number of anilines is 1. The van der Waals surface area contributed by atoms with Crippen molar-refractivity contribution in [2.24, 2.45) is 0 Å². The number of halogens is 3. The van der Waals surface area contributed by atoms with Gasteiger partial charge in [-0.2, -0.15) is 18.3 Å². The van der Waals surface area contributed by atoms with Gasteiger partial charge < -0.3 is 15.2 Å². The lowest BCUT2D eigenvalue weighted by Crippen LogP contribution is -2.18. The number of hydrogen-bond donors (Lipinski definition) is 2. The summed E-state index contributed by atoms with van der Waals surface area (Å²) in [4.78, 5) is 28.4. The number of carboxylic acid groups (broad SMARTS) is 1. The van der Waals surface area contributed by atoms with E-state index >= 15 is 0 Å². The van der Waals surface area contributed by atoms with Crippen LogP contribution in [0.4, 0.5) is 23.7 Å². The highest BCUT2D eigenvalue weighted by atomic mass is 19.4. The van der Waals surface area contributed by atoms with Crippen LogP contribution in [0.5, 0.6) is 5.75 Å². The molecule has 2 aromatic heterocycles. The van der Waals surface area contributed by atoms with Gasteiger partial charge in [0.15, 0.2) is 11.5 Å². The van der Waals surface area contributed by atoms with E-state index in [1.54, 1.807) is 24.3 Å². The third-order valence-corrected chi connectivity index (χ3v) is 4.83. The monoisotopic (exact) mass is 471 g/mol. The summed E-state index contributed by atoms with van der Waals surface area (Å²) in [6.45, 7) is 0. The summed E-state index contributed by atoms with van der Waals surface area (Å²) in [5, 5.41) is 15.3. The number of ether oxygens (including phenoxy) is 1. The largest absolute Gasteiger partial charge is 0.497 e. The first-order valence-corrected chi connectivity index (χ1v) is 9.67. The number of nitrogens with one attached hydrogen (secondary N) is 1. The quantitative estimate of drug-likeness (QED) is 0.442. The van der Waals surface area contributed by atoms with Gasteiger partial charge >= 0.3 is 12.3 Å². The lowest BCUT2D eigenvalue weighted by atomic mass is 10.1. The van der Waals surface area contributed by atoms with Crippen LogP contribution in [-0.4, -0.2) is 43.5 Å². The van der Waals surface area contributed by atoms with E-state index in [1.807, 2.05) is 0 Å². The van der Waals surface area contributed by atoms with Crippen LogP contribution < -0.4 is 10.1 Å². The number of amides is 1. The molecule has 0 unspecified atom stereocenters. The number of aromatic nitrogens is 4. The average molecular weight is 471 g/mol. The maximum atomic E-state index is 13.7. The molecule has 0 saturated heterocycles. The fourth-order valence-corrected chi connectivity index (χ4v) is 3.25. The molecule has 0 saturated carbocycles. The van der Waals surface area contributed by atoms with Crippen LogP contribution in [0.2, 0.25) is 0 Å². The number of nitrogens with zero attached hydrogens (tertiary/aromatic N) is 4. The van der Waals surface area contributed by atoms with E-state index in [2.05, 4.69) is 15.4 Å². The fraction of sp³-hybridized carbons (Fsp3) is 0.0909. The van der Waals surface area contributed by atoms with Gasteiger partial charge in [0, 0.05) is 24.2 Å². The van der Waals surface area contributed by atoms with E-state index in [9.17, 15) is 27.9 Å². The van der Waals surface area contributed by atoms with E-state index in [-0.39, 0.29) is 22.8 Å². The predicted octanol–water partition coefficient (Wildman–Crippen LogP) is 4.54. The molecule has 4 rings (SSSR count). The van der Waals surface area contributed by atoms with E-state index in [0.717, 1.165) is 15.4 Å². The first kappa shape index (κ1) is 22.6. The van der Waals surface area contributed by atoms with Crippen LogP contribution in [0.15, 0.2) is 67.1 Å². The molecule has 34 heavy (non-hydrogen) atoms. The standard InChI is InChI=1S/C22H16F3N5O4/c1-34-14-8-6-13(7-9-14)30-12-16(18(28-30)22(23,24)25)20(31)27-17-5-3-2-4-15(17)19-26-10-11-29(19)21(32)33/h2-12H,1H3,(H,27,31)(H,32,33). The molecule has 0 radical (unpaired) electrons. The fourth-order valence-electron chi connectivity index (χ4n) is 3.25. The van der Waals surface area contributed by atoms with Gasteiger partial charge in [-0.15, -0.1) is 0 Å². The second-order valence-electron chi connectivity index (χ2n) is 6.93. The molecular formula is C22H16F3N5O4. The molecule has 0 aliphatic rings. The molecule has 2 aromatic carbocycles. The molecule has 0 spiro atoms. The molecule has 0 aliphatic carbocycles. The van der Waals surface area contributed by atoms with Crippen molar-refractivity contribution in [2.75, 3.05) is 12.4 Å². The zero-order chi connectivity index (χ0) is 24.5. The summed E-state index contributed by atoms with van der Waals surface area (Å²) in [5.41, 5.74) is -1.51. The minimum Gasteiger partial charge on any atom is -0.497 e. The number of benzene rings is 2. The second kappa shape index (κ2) is 8.73. The minimum atomic E-state index is -4.90. The number of carbonyl (C=O) groups excluding carboxylic acids is 1. The van der Waals surface area contributed by atoms with Crippen molar-refractivity contribution < 1.29 is 32.6 Å². The highest BCUT2D eigenvalue weighted by Gasteiger charge is 2.39. The Morgan fingerprint density at radius 3 is 2.44 bits per heavy atom. The Morgan fingerprint density at radius 2 is 1.79 bits per heavy atom. The summed E-state index contributed by atoms with van der Waals surface area (Å²) in [6.07, 6.45) is -2.78. The van der Waals surface area contributed by atoms with E-state index in [0.29, 0.717) is 5.75 Å². The molecule has 1 amide bonds. The Hall–Kier alpha value is -4.61. The second-order valence-corrected chi connectivity index (χ2v) is 6.93. The summed E-state index contributed by atoms with van der Waals surface area (Å²) < 4.78 is 47.9. The summed E-state index contributed by atoms with van der Waals surface area (Å²) in [7, 11) is 1.45. The van der Waals surface area contributed by atoms with Gasteiger partial charge in [-0.3, -0.25) is 4.79 Å². The summed E-state index contributed by atoms with van der Waals surface area (Å²) in [6, 6.07) is 12.1. The van der Waals surface area contributed by atoms with Crippen molar-refractivity contribution in [1.29, 1.82) is 0 Å². The summed E-state index contributed by atoms with van der Waals surface area (Å²) in [5.74, 6) is -0.581. The Labute approximate surface area is 190 Å². The predicted molar refractivity (Wildman–Crippen MR) is 114 cm³/mol. The Balaban J connectivity index is 1.72. The molecule has 0 fully saturated rings. The van der Waals surface area contributed by atoms with E-state index < -0.39 is 29.4 Å². The normalized spacial score (nSPS) is 11.3. The average Bonchev–Trinajstić information content (AvgIpc) is 3.47. The summed E-state index contributed by atoms with van der Waals surface area (Å²) >= 11 is 0. The lowest BCUT2D eigenvalue weighted by molar-refractivity contribution is -0.141. The number of methoxy groups -OCH3 is 1. The Morgan fingerprint density at radius 1 is 1.09 bits per heavy atom. The SMILES string of the molecule is COc1ccc(-n2cc(C(=O)Nc3ccccc3-c3nccn3C(=O)O)c(C(F)(F)F)n2)cc1. The van der Waals surface area contributed by atoms with Crippen molar-refractivity contribution in [3.05, 3.63) is 78.4 Å². The van der Waals surface area contributed by atoms with Gasteiger partial charge in [0.2, 0.25) is 0 Å². The maximum Gasteiger partial charge on any atom is 0.435 e. The highest BCUT2D eigenvalue weighted by molar-refractivity contribution is 6.07. The van der Waals surface area contributed by atoms with Crippen molar-refractivity contribution >= 4 is 17.7 Å². The molecule has 9 nitrogen and oxygen atoms in total. The molecule has 2 N–H and O–H groups in total. The maximum absolute atomic E-state index is 13.7. The number of imidazole rings is 1. The first-order chi connectivity index (χ1) is 16.2. The Kier molecular flexibility index (Phi) is 5.80. The minimum absolute atomic E-state index is 0.00614. The number of alkyl halides is 3. The molecule has 0 bridgehead atoms. The molecule has 4 aromatic rings. The van der Waals surface area contributed by atoms with Gasteiger partial charge in [-0.1, -0.05) is 12.1 Å². The van der Waals surface area contributed by atoms with Crippen LogP contribution in [0.25, 0.3) is 17.1 Å². The number of hydrogen-bond acceptors (Lipinski definition) is 5. The van der Waals surface area contributed by atoms with Crippen molar-refractivity contribution in [3.8, 4) is 22.8 Å². The smallest absolute Gasteiger partial charge is 0.435 e. The zero-order valence-corrected chi connectivity index (χ0v) is 17.4. The van der Waals surface area contributed by atoms with Crippen molar-refractivity contribution in [3.63, 3.8) is 0 Å². The first-order valence-electron chi connectivity index (χ1n) is 9.67. The van der Waals surface area contributed by atoms with Crippen LogP contribution >= 0.6 is 0 Å². The van der Waals surface area contributed by atoms with E-state index in [1.165, 1.54) is 43.8 Å².